The normalized spacial score (nSPS) is 16.8. The molecule has 1 saturated heterocycles. The van der Waals surface area contributed by atoms with Crippen LogP contribution >= 0.6 is 0 Å². The van der Waals surface area contributed by atoms with Gasteiger partial charge in [0.15, 0.2) is 0 Å². The first-order chi connectivity index (χ1) is 12.6. The monoisotopic (exact) mass is 363 g/mol. The number of rotatable bonds is 9. The van der Waals surface area contributed by atoms with E-state index in [9.17, 15) is 19.7 Å². The lowest BCUT2D eigenvalue weighted by Crippen LogP contribution is -2.31. The van der Waals surface area contributed by atoms with E-state index in [0.29, 0.717) is 23.5 Å². The van der Waals surface area contributed by atoms with Gasteiger partial charge in [-0.2, -0.15) is 0 Å². The van der Waals surface area contributed by atoms with Crippen molar-refractivity contribution in [2.45, 2.75) is 19.3 Å². The average molecular weight is 363 g/mol. The fourth-order valence-corrected chi connectivity index (χ4v) is 3.22. The Bertz CT molecular complexity index is 702. The minimum absolute atomic E-state index is 0.0747. The molecule has 2 heterocycles. The molecule has 0 unspecified atom stereocenters. The summed E-state index contributed by atoms with van der Waals surface area (Å²) in [7, 11) is 0. The van der Waals surface area contributed by atoms with E-state index < -0.39 is 16.9 Å². The van der Waals surface area contributed by atoms with Gasteiger partial charge >= 0.3 is 0 Å². The fourth-order valence-electron chi connectivity index (χ4n) is 3.22. The average Bonchev–Trinajstić information content (AvgIpc) is 3.21. The van der Waals surface area contributed by atoms with Gasteiger partial charge in [-0.05, 0) is 50.6 Å². The van der Waals surface area contributed by atoms with Crippen molar-refractivity contribution >= 4 is 11.8 Å². The predicted octanol–water partition coefficient (Wildman–Crippen LogP) is 1.36. The molecule has 2 amide bonds. The highest BCUT2D eigenvalue weighted by molar-refractivity contribution is 6.21. The van der Waals surface area contributed by atoms with Crippen LogP contribution in [0.5, 0.6) is 5.75 Å². The summed E-state index contributed by atoms with van der Waals surface area (Å²) in [6.45, 7) is 3.47. The topological polar surface area (TPSA) is 102 Å². The van der Waals surface area contributed by atoms with Crippen LogP contribution < -0.4 is 4.74 Å². The number of ether oxygens (including phenoxy) is 1. The molecule has 0 atom stereocenters. The molecular formula is C17H21N3O6. The van der Waals surface area contributed by atoms with E-state index in [0.717, 1.165) is 24.5 Å². The molecule has 1 aromatic carbocycles. The third kappa shape index (κ3) is 4.10. The molecule has 3 rings (SSSR count). The number of hydrogen-bond donors (Lipinski definition) is 0. The van der Waals surface area contributed by atoms with Crippen LogP contribution in [0.2, 0.25) is 0 Å². The number of carbonyl (C=O) groups excluding carboxylic acids is 2. The largest absolute Gasteiger partial charge is 0.492 e. The molecule has 0 bridgehead atoms. The van der Waals surface area contributed by atoms with Crippen LogP contribution in [0.25, 0.3) is 0 Å². The molecule has 2 aliphatic rings. The molecule has 0 saturated carbocycles. The maximum atomic E-state index is 12.4. The van der Waals surface area contributed by atoms with E-state index in [2.05, 4.69) is 9.74 Å². The maximum absolute atomic E-state index is 12.4. The van der Waals surface area contributed by atoms with Gasteiger partial charge in [-0.25, -0.2) is 0 Å². The van der Waals surface area contributed by atoms with Crippen molar-refractivity contribution in [3.8, 4) is 5.75 Å². The number of benzene rings is 1. The highest BCUT2D eigenvalue weighted by atomic mass is 16.9. The first-order valence-electron chi connectivity index (χ1n) is 8.69. The van der Waals surface area contributed by atoms with Gasteiger partial charge in [0.25, 0.3) is 16.9 Å². The Morgan fingerprint density at radius 1 is 1.04 bits per heavy atom. The Morgan fingerprint density at radius 2 is 1.77 bits per heavy atom. The zero-order valence-corrected chi connectivity index (χ0v) is 14.4. The van der Waals surface area contributed by atoms with Crippen molar-refractivity contribution < 1.29 is 24.3 Å². The zero-order valence-electron chi connectivity index (χ0n) is 14.4. The first kappa shape index (κ1) is 18.1. The molecule has 0 aliphatic carbocycles. The molecule has 0 N–H and O–H groups in total. The molecule has 26 heavy (non-hydrogen) atoms. The van der Waals surface area contributed by atoms with Crippen LogP contribution in [0, 0.1) is 10.1 Å². The molecule has 1 aromatic rings. The molecular weight excluding hydrogens is 342 g/mol. The van der Waals surface area contributed by atoms with Crippen LogP contribution in [0.4, 0.5) is 0 Å². The lowest BCUT2D eigenvalue weighted by atomic mass is 10.1. The van der Waals surface area contributed by atoms with Crippen molar-refractivity contribution in [2.75, 3.05) is 39.4 Å². The van der Waals surface area contributed by atoms with Gasteiger partial charge in [-0.1, -0.05) is 0 Å². The third-order valence-corrected chi connectivity index (χ3v) is 4.54. The number of nitrogens with zero attached hydrogens (tertiary/aromatic N) is 3. The van der Waals surface area contributed by atoms with Crippen LogP contribution in [-0.4, -0.2) is 66.1 Å². The standard InChI is InChI=1S/C17H21N3O6/c21-16-14-5-4-13(25-11-9-18-6-1-2-7-18)12-15(14)17(22)19(16)8-3-10-26-20(23)24/h4-5,12H,1-3,6-11H2. The van der Waals surface area contributed by atoms with Gasteiger partial charge < -0.3 is 9.57 Å². The summed E-state index contributed by atoms with van der Waals surface area (Å²) in [5.74, 6) is -0.242. The van der Waals surface area contributed by atoms with Gasteiger partial charge in [-0.15, -0.1) is 10.1 Å². The Hall–Kier alpha value is -2.68. The van der Waals surface area contributed by atoms with E-state index in [1.165, 1.54) is 12.8 Å². The third-order valence-electron chi connectivity index (χ3n) is 4.54. The quantitative estimate of drug-likeness (QED) is 0.282. The molecule has 2 aliphatic heterocycles. The van der Waals surface area contributed by atoms with Gasteiger partial charge in [0.05, 0.1) is 17.7 Å². The van der Waals surface area contributed by atoms with Crippen LogP contribution in [0.15, 0.2) is 18.2 Å². The number of fused-ring (bicyclic) bond motifs is 1. The SMILES string of the molecule is O=C1c2ccc(OCCN3CCCC3)cc2C(=O)N1CCCO[N+](=O)[O-]. The summed E-state index contributed by atoms with van der Waals surface area (Å²) >= 11 is 0. The van der Waals surface area contributed by atoms with E-state index in [-0.39, 0.29) is 19.6 Å². The van der Waals surface area contributed by atoms with E-state index in [1.54, 1.807) is 18.2 Å². The molecule has 9 heteroatoms. The highest BCUT2D eigenvalue weighted by Gasteiger charge is 2.35. The van der Waals surface area contributed by atoms with Crippen molar-refractivity contribution in [3.63, 3.8) is 0 Å². The Kier molecular flexibility index (Phi) is 5.67. The smallest absolute Gasteiger partial charge is 0.294 e. The zero-order chi connectivity index (χ0) is 18.5. The highest BCUT2D eigenvalue weighted by Crippen LogP contribution is 2.27. The van der Waals surface area contributed by atoms with Crippen LogP contribution in [0.3, 0.4) is 0 Å². The molecule has 1 fully saturated rings. The van der Waals surface area contributed by atoms with E-state index in [4.69, 9.17) is 4.74 Å². The second-order valence-electron chi connectivity index (χ2n) is 6.28. The minimum atomic E-state index is -0.895. The van der Waals surface area contributed by atoms with Crippen molar-refractivity contribution in [3.05, 3.63) is 39.4 Å². The van der Waals surface area contributed by atoms with Gasteiger partial charge in [-0.3, -0.25) is 19.4 Å². The van der Waals surface area contributed by atoms with Gasteiger partial charge in [0.2, 0.25) is 0 Å². The first-order valence-corrected chi connectivity index (χ1v) is 8.69. The van der Waals surface area contributed by atoms with Crippen LogP contribution in [0.1, 0.15) is 40.0 Å². The molecule has 140 valence electrons. The Balaban J connectivity index is 1.55. The van der Waals surface area contributed by atoms with E-state index >= 15 is 0 Å². The van der Waals surface area contributed by atoms with Gasteiger partial charge in [0, 0.05) is 13.1 Å². The number of imide groups is 1. The molecule has 0 aromatic heterocycles. The lowest BCUT2D eigenvalue weighted by molar-refractivity contribution is -0.757. The van der Waals surface area contributed by atoms with E-state index in [1.807, 2.05) is 0 Å². The van der Waals surface area contributed by atoms with Crippen LogP contribution in [-0.2, 0) is 4.84 Å². The summed E-state index contributed by atoms with van der Waals surface area (Å²) in [5, 5.41) is 9.23. The van der Waals surface area contributed by atoms with Crippen molar-refractivity contribution in [1.29, 1.82) is 0 Å². The predicted molar refractivity (Wildman–Crippen MR) is 90.5 cm³/mol. The van der Waals surface area contributed by atoms with Gasteiger partial charge in [0.1, 0.15) is 12.4 Å². The minimum Gasteiger partial charge on any atom is -0.492 e. The van der Waals surface area contributed by atoms with Crippen molar-refractivity contribution in [2.24, 2.45) is 0 Å². The summed E-state index contributed by atoms with van der Waals surface area (Å²) < 4.78 is 5.72. The number of carbonyl (C=O) groups is 2. The molecule has 9 nitrogen and oxygen atoms in total. The Morgan fingerprint density at radius 3 is 2.50 bits per heavy atom. The number of likely N-dealkylation sites (tertiary alicyclic amines) is 1. The second-order valence-corrected chi connectivity index (χ2v) is 6.28. The summed E-state index contributed by atoms with van der Waals surface area (Å²) in [4.78, 5) is 42.5. The lowest BCUT2D eigenvalue weighted by Gasteiger charge is -2.15. The summed E-state index contributed by atoms with van der Waals surface area (Å²) in [6.07, 6.45) is 2.64. The summed E-state index contributed by atoms with van der Waals surface area (Å²) in [5.41, 5.74) is 0.640. The Labute approximate surface area is 150 Å². The number of amides is 2. The molecule has 0 radical (unpaired) electrons. The fraction of sp³-hybridized carbons (Fsp3) is 0.529. The van der Waals surface area contributed by atoms with Crippen molar-refractivity contribution in [1.82, 2.24) is 9.80 Å². The second kappa shape index (κ2) is 8.13. The number of hydrogen-bond acceptors (Lipinski definition) is 7. The molecule has 0 spiro atoms. The summed E-state index contributed by atoms with van der Waals surface area (Å²) in [6, 6.07) is 4.87. The maximum Gasteiger partial charge on any atom is 0.294 e.